The van der Waals surface area contributed by atoms with Gasteiger partial charge in [-0.2, -0.15) is 0 Å². The van der Waals surface area contributed by atoms with Crippen molar-refractivity contribution in [3.05, 3.63) is 20.8 Å². The van der Waals surface area contributed by atoms with E-state index in [4.69, 9.17) is 0 Å². The van der Waals surface area contributed by atoms with Crippen molar-refractivity contribution < 1.29 is 13.2 Å². The van der Waals surface area contributed by atoms with Gasteiger partial charge in [0.2, 0.25) is 5.91 Å². The summed E-state index contributed by atoms with van der Waals surface area (Å²) in [5, 5.41) is 0.938. The van der Waals surface area contributed by atoms with Gasteiger partial charge in [0, 0.05) is 19.8 Å². The Bertz CT molecular complexity index is 509. The molecule has 1 heterocycles. The first-order chi connectivity index (χ1) is 7.71. The van der Waals surface area contributed by atoms with Gasteiger partial charge in [-0.05, 0) is 39.9 Å². The molecule has 0 aliphatic heterocycles. The summed E-state index contributed by atoms with van der Waals surface area (Å²) >= 11 is 4.87. The first-order valence-corrected chi connectivity index (χ1v) is 8.51. The van der Waals surface area contributed by atoms with E-state index in [-0.39, 0.29) is 5.91 Å². The topological polar surface area (TPSA) is 54.5 Å². The lowest BCUT2D eigenvalue weighted by Gasteiger charge is -2.19. The number of carbonyl (C=O) groups is 1. The van der Waals surface area contributed by atoms with Gasteiger partial charge < -0.3 is 4.90 Å². The molecule has 0 aliphatic rings. The largest absolute Gasteiger partial charge is 0.340 e. The van der Waals surface area contributed by atoms with E-state index in [9.17, 15) is 13.2 Å². The molecule has 1 aromatic heterocycles. The van der Waals surface area contributed by atoms with Crippen LogP contribution in [0.25, 0.3) is 0 Å². The van der Waals surface area contributed by atoms with Crippen LogP contribution in [0.5, 0.6) is 0 Å². The van der Waals surface area contributed by atoms with E-state index < -0.39 is 15.1 Å². The number of halogens is 1. The number of sulfone groups is 1. The predicted molar refractivity (Wildman–Crippen MR) is 72.8 cm³/mol. The highest BCUT2D eigenvalue weighted by Crippen LogP contribution is 2.21. The third-order valence-corrected chi connectivity index (χ3v) is 5.45. The van der Waals surface area contributed by atoms with Gasteiger partial charge in [-0.3, -0.25) is 4.79 Å². The highest BCUT2D eigenvalue weighted by Gasteiger charge is 2.26. The molecule has 0 aromatic carbocycles. The predicted octanol–water partition coefficient (Wildman–Crippen LogP) is 1.90. The van der Waals surface area contributed by atoms with E-state index in [0.29, 0.717) is 6.54 Å². The van der Waals surface area contributed by atoms with Crippen molar-refractivity contribution in [3.63, 3.8) is 0 Å². The van der Waals surface area contributed by atoms with Crippen molar-refractivity contribution in [2.24, 2.45) is 0 Å². The summed E-state index contributed by atoms with van der Waals surface area (Å²) in [5.74, 6) is -0.380. The van der Waals surface area contributed by atoms with E-state index in [1.165, 1.54) is 23.2 Å². The van der Waals surface area contributed by atoms with Crippen molar-refractivity contribution >= 4 is 43.0 Å². The lowest BCUT2D eigenvalue weighted by molar-refractivity contribution is -0.129. The standard InChI is InChI=1S/C10H14BrNO3S2/c1-7(17(3,14)15)10(13)12(2)5-8-4-9(11)16-6-8/h4,6-7H,5H2,1-3H3. The molecule has 96 valence electrons. The molecule has 0 spiro atoms. The van der Waals surface area contributed by atoms with Crippen molar-refractivity contribution in [3.8, 4) is 0 Å². The third kappa shape index (κ3) is 4.08. The third-order valence-electron chi connectivity index (χ3n) is 2.41. The number of hydrogen-bond donors (Lipinski definition) is 0. The minimum absolute atomic E-state index is 0.380. The lowest BCUT2D eigenvalue weighted by atomic mass is 10.3. The SMILES string of the molecule is CC(C(=O)N(C)Cc1csc(Br)c1)S(C)(=O)=O. The molecule has 0 fully saturated rings. The molecule has 4 nitrogen and oxygen atoms in total. The molecule has 0 N–H and O–H groups in total. The first-order valence-electron chi connectivity index (χ1n) is 4.88. The fourth-order valence-corrected chi connectivity index (χ4v) is 3.02. The summed E-state index contributed by atoms with van der Waals surface area (Å²) < 4.78 is 23.6. The molecular weight excluding hydrogens is 326 g/mol. The summed E-state index contributed by atoms with van der Waals surface area (Å²) in [4.78, 5) is 13.3. The lowest BCUT2D eigenvalue weighted by Crippen LogP contribution is -2.38. The Morgan fingerprint density at radius 2 is 2.18 bits per heavy atom. The number of thiophene rings is 1. The fourth-order valence-electron chi connectivity index (χ4n) is 1.27. The maximum Gasteiger partial charge on any atom is 0.240 e. The molecule has 0 bridgehead atoms. The van der Waals surface area contributed by atoms with Crippen LogP contribution in [-0.2, 0) is 21.2 Å². The summed E-state index contributed by atoms with van der Waals surface area (Å²) in [7, 11) is -1.73. The Morgan fingerprint density at radius 3 is 2.59 bits per heavy atom. The number of rotatable bonds is 4. The second-order valence-electron chi connectivity index (χ2n) is 3.93. The Hall–Kier alpha value is -0.400. The van der Waals surface area contributed by atoms with Crippen molar-refractivity contribution in [2.45, 2.75) is 18.7 Å². The van der Waals surface area contributed by atoms with Crippen molar-refractivity contribution in [1.82, 2.24) is 4.90 Å². The van der Waals surface area contributed by atoms with Crippen LogP contribution in [0.2, 0.25) is 0 Å². The fraction of sp³-hybridized carbons (Fsp3) is 0.500. The monoisotopic (exact) mass is 339 g/mol. The van der Waals surface area contributed by atoms with E-state index in [0.717, 1.165) is 15.6 Å². The molecule has 1 atom stereocenters. The van der Waals surface area contributed by atoms with Gasteiger partial charge >= 0.3 is 0 Å². The number of nitrogens with zero attached hydrogens (tertiary/aromatic N) is 1. The van der Waals surface area contributed by atoms with Crippen LogP contribution in [-0.4, -0.2) is 37.8 Å². The zero-order valence-corrected chi connectivity index (χ0v) is 13.0. The Kier molecular flexibility index (Phi) is 4.74. The second-order valence-corrected chi connectivity index (χ2v) is 8.58. The number of carbonyl (C=O) groups excluding carboxylic acids is 1. The average molecular weight is 340 g/mol. The van der Waals surface area contributed by atoms with Gasteiger partial charge in [-0.1, -0.05) is 0 Å². The van der Waals surface area contributed by atoms with E-state index in [1.807, 2.05) is 11.4 Å². The first kappa shape index (κ1) is 14.7. The zero-order valence-electron chi connectivity index (χ0n) is 9.81. The van der Waals surface area contributed by atoms with E-state index >= 15 is 0 Å². The van der Waals surface area contributed by atoms with Crippen LogP contribution >= 0.6 is 27.3 Å². The molecule has 1 rings (SSSR count). The molecule has 7 heteroatoms. The van der Waals surface area contributed by atoms with E-state index in [2.05, 4.69) is 15.9 Å². The van der Waals surface area contributed by atoms with Gasteiger partial charge in [-0.15, -0.1) is 11.3 Å². The van der Waals surface area contributed by atoms with Gasteiger partial charge in [0.05, 0.1) is 3.79 Å². The summed E-state index contributed by atoms with van der Waals surface area (Å²) in [6.07, 6.45) is 1.07. The minimum Gasteiger partial charge on any atom is -0.340 e. The van der Waals surface area contributed by atoms with Gasteiger partial charge in [0.1, 0.15) is 5.25 Å². The average Bonchev–Trinajstić information content (AvgIpc) is 2.60. The van der Waals surface area contributed by atoms with Crippen molar-refractivity contribution in [2.75, 3.05) is 13.3 Å². The maximum atomic E-state index is 11.8. The molecule has 0 radical (unpaired) electrons. The molecule has 0 saturated heterocycles. The molecule has 0 aliphatic carbocycles. The van der Waals surface area contributed by atoms with Crippen LogP contribution in [0.1, 0.15) is 12.5 Å². The minimum atomic E-state index is -3.33. The maximum absolute atomic E-state index is 11.8. The Labute approximate surface area is 114 Å². The highest BCUT2D eigenvalue weighted by molar-refractivity contribution is 9.11. The molecular formula is C10H14BrNO3S2. The Morgan fingerprint density at radius 1 is 1.59 bits per heavy atom. The van der Waals surface area contributed by atoms with Crippen LogP contribution in [0.15, 0.2) is 15.2 Å². The molecule has 17 heavy (non-hydrogen) atoms. The molecule has 1 unspecified atom stereocenters. The second kappa shape index (κ2) is 5.49. The molecule has 1 aromatic rings. The number of amides is 1. The van der Waals surface area contributed by atoms with Crippen LogP contribution in [0.4, 0.5) is 0 Å². The summed E-state index contributed by atoms with van der Waals surface area (Å²) in [6, 6.07) is 1.92. The number of hydrogen-bond acceptors (Lipinski definition) is 4. The summed E-state index contributed by atoms with van der Waals surface area (Å²) in [6.45, 7) is 1.83. The van der Waals surface area contributed by atoms with Crippen LogP contribution in [0.3, 0.4) is 0 Å². The van der Waals surface area contributed by atoms with Crippen molar-refractivity contribution in [1.29, 1.82) is 0 Å². The quantitative estimate of drug-likeness (QED) is 0.841. The van der Waals surface area contributed by atoms with Gasteiger partial charge in [0.15, 0.2) is 9.84 Å². The smallest absolute Gasteiger partial charge is 0.240 e. The van der Waals surface area contributed by atoms with Crippen LogP contribution in [0, 0.1) is 0 Å². The molecule has 0 saturated carbocycles. The highest BCUT2D eigenvalue weighted by atomic mass is 79.9. The van der Waals surface area contributed by atoms with Gasteiger partial charge in [0.25, 0.3) is 0 Å². The Balaban J connectivity index is 2.71. The molecule has 1 amide bonds. The normalized spacial score (nSPS) is 13.4. The zero-order chi connectivity index (χ0) is 13.2. The van der Waals surface area contributed by atoms with E-state index in [1.54, 1.807) is 7.05 Å². The van der Waals surface area contributed by atoms with Gasteiger partial charge in [-0.25, -0.2) is 8.42 Å². The van der Waals surface area contributed by atoms with Crippen LogP contribution < -0.4 is 0 Å². The summed E-state index contributed by atoms with van der Waals surface area (Å²) in [5.41, 5.74) is 0.985.